The minimum Gasteiger partial charge on any atom is -0.329 e. The molecule has 0 heterocycles. The number of nitrogens with one attached hydrogen (secondary N) is 1. The molecule has 1 rings (SSSR count). The third kappa shape index (κ3) is 3.85. The molecule has 0 aromatic heterocycles. The lowest BCUT2D eigenvalue weighted by atomic mass is 9.79. The number of terminal acetylenes is 1. The van der Waals surface area contributed by atoms with Crippen molar-refractivity contribution in [2.75, 3.05) is 6.54 Å². The molecule has 0 bridgehead atoms. The fourth-order valence-corrected chi connectivity index (χ4v) is 2.45. The summed E-state index contributed by atoms with van der Waals surface area (Å²) >= 11 is 0. The van der Waals surface area contributed by atoms with Crippen LogP contribution >= 0.6 is 0 Å². The van der Waals surface area contributed by atoms with E-state index in [9.17, 15) is 0 Å². The normalized spacial score (nSPS) is 30.5. The Morgan fingerprint density at radius 3 is 2.47 bits per heavy atom. The Hall–Kier alpha value is -0.520. The van der Waals surface area contributed by atoms with Crippen LogP contribution in [0.1, 0.15) is 39.5 Å². The fourth-order valence-electron chi connectivity index (χ4n) is 2.45. The van der Waals surface area contributed by atoms with Crippen molar-refractivity contribution in [2.45, 2.75) is 51.6 Å². The first-order valence-corrected chi connectivity index (χ1v) is 6.09. The van der Waals surface area contributed by atoms with Gasteiger partial charge in [0.25, 0.3) is 0 Å². The van der Waals surface area contributed by atoms with Gasteiger partial charge in [0, 0.05) is 12.6 Å². The molecule has 2 heteroatoms. The zero-order valence-electron chi connectivity index (χ0n) is 10.00. The third-order valence-electron chi connectivity index (χ3n) is 3.60. The molecule has 1 aliphatic rings. The molecule has 0 spiro atoms. The SMILES string of the molecule is C#CC(C)NC(CN)C1CCC(C)CC1. The summed E-state index contributed by atoms with van der Waals surface area (Å²) in [7, 11) is 0. The summed E-state index contributed by atoms with van der Waals surface area (Å²) in [6.07, 6.45) is 10.7. The lowest BCUT2D eigenvalue weighted by molar-refractivity contribution is 0.229. The van der Waals surface area contributed by atoms with Gasteiger partial charge in [-0.05, 0) is 31.6 Å². The van der Waals surface area contributed by atoms with Gasteiger partial charge in [-0.25, -0.2) is 0 Å². The minimum atomic E-state index is 0.137. The van der Waals surface area contributed by atoms with Crippen molar-refractivity contribution in [1.29, 1.82) is 0 Å². The first kappa shape index (κ1) is 12.5. The molecular formula is C13H24N2. The van der Waals surface area contributed by atoms with E-state index in [1.165, 1.54) is 25.7 Å². The molecule has 0 aliphatic heterocycles. The van der Waals surface area contributed by atoms with Crippen LogP contribution in [0, 0.1) is 24.2 Å². The van der Waals surface area contributed by atoms with E-state index >= 15 is 0 Å². The van der Waals surface area contributed by atoms with Crippen LogP contribution in [0.4, 0.5) is 0 Å². The van der Waals surface area contributed by atoms with Crippen LogP contribution in [0.15, 0.2) is 0 Å². The van der Waals surface area contributed by atoms with Crippen LogP contribution in [0.2, 0.25) is 0 Å². The maximum atomic E-state index is 5.81. The van der Waals surface area contributed by atoms with Crippen molar-refractivity contribution < 1.29 is 0 Å². The van der Waals surface area contributed by atoms with Crippen molar-refractivity contribution in [3.63, 3.8) is 0 Å². The molecule has 86 valence electrons. The van der Waals surface area contributed by atoms with Crippen LogP contribution in [-0.4, -0.2) is 18.6 Å². The van der Waals surface area contributed by atoms with Crippen molar-refractivity contribution in [3.8, 4) is 12.3 Å². The lowest BCUT2D eigenvalue weighted by Gasteiger charge is -2.33. The molecule has 0 saturated heterocycles. The predicted octanol–water partition coefficient (Wildman–Crippen LogP) is 1.75. The molecule has 1 fully saturated rings. The Bertz CT molecular complexity index is 211. The topological polar surface area (TPSA) is 38.0 Å². The lowest BCUT2D eigenvalue weighted by Crippen LogP contribution is -2.46. The Morgan fingerprint density at radius 1 is 1.40 bits per heavy atom. The predicted molar refractivity (Wildman–Crippen MR) is 65.4 cm³/mol. The van der Waals surface area contributed by atoms with E-state index in [2.05, 4.69) is 18.2 Å². The van der Waals surface area contributed by atoms with Gasteiger partial charge in [0.05, 0.1) is 6.04 Å². The summed E-state index contributed by atoms with van der Waals surface area (Å²) < 4.78 is 0. The van der Waals surface area contributed by atoms with Crippen molar-refractivity contribution >= 4 is 0 Å². The van der Waals surface area contributed by atoms with Crippen LogP contribution in [0.5, 0.6) is 0 Å². The molecule has 0 aromatic rings. The van der Waals surface area contributed by atoms with E-state index in [1.807, 2.05) is 6.92 Å². The molecule has 2 atom stereocenters. The summed E-state index contributed by atoms with van der Waals surface area (Å²) in [5.41, 5.74) is 5.81. The van der Waals surface area contributed by atoms with E-state index in [1.54, 1.807) is 0 Å². The van der Waals surface area contributed by atoms with Gasteiger partial charge in [-0.1, -0.05) is 25.7 Å². The molecule has 0 amide bonds. The fraction of sp³-hybridized carbons (Fsp3) is 0.846. The van der Waals surface area contributed by atoms with Gasteiger partial charge < -0.3 is 5.73 Å². The van der Waals surface area contributed by atoms with Gasteiger partial charge in [-0.3, -0.25) is 5.32 Å². The first-order chi connectivity index (χ1) is 7.17. The number of nitrogens with two attached hydrogens (primary N) is 1. The highest BCUT2D eigenvalue weighted by Crippen LogP contribution is 2.30. The monoisotopic (exact) mass is 208 g/mol. The second-order valence-corrected chi connectivity index (χ2v) is 4.92. The number of rotatable bonds is 4. The third-order valence-corrected chi connectivity index (χ3v) is 3.60. The first-order valence-electron chi connectivity index (χ1n) is 6.09. The van der Waals surface area contributed by atoms with E-state index in [0.29, 0.717) is 12.6 Å². The van der Waals surface area contributed by atoms with Crippen molar-refractivity contribution in [3.05, 3.63) is 0 Å². The van der Waals surface area contributed by atoms with Gasteiger partial charge in [-0.2, -0.15) is 0 Å². The molecule has 0 aromatic carbocycles. The van der Waals surface area contributed by atoms with Crippen LogP contribution < -0.4 is 11.1 Å². The van der Waals surface area contributed by atoms with Crippen LogP contribution in [0.3, 0.4) is 0 Å². The van der Waals surface area contributed by atoms with Gasteiger partial charge in [0.15, 0.2) is 0 Å². The zero-order valence-corrected chi connectivity index (χ0v) is 10.00. The summed E-state index contributed by atoms with van der Waals surface area (Å²) in [6, 6.07) is 0.543. The van der Waals surface area contributed by atoms with Crippen LogP contribution in [0.25, 0.3) is 0 Å². The highest BCUT2D eigenvalue weighted by Gasteiger charge is 2.25. The molecular weight excluding hydrogens is 184 g/mol. The summed E-state index contributed by atoms with van der Waals surface area (Å²) in [4.78, 5) is 0. The van der Waals surface area contributed by atoms with Gasteiger partial charge >= 0.3 is 0 Å². The highest BCUT2D eigenvalue weighted by atomic mass is 15.0. The molecule has 1 saturated carbocycles. The van der Waals surface area contributed by atoms with Crippen molar-refractivity contribution in [2.24, 2.45) is 17.6 Å². The van der Waals surface area contributed by atoms with E-state index in [0.717, 1.165) is 11.8 Å². The maximum absolute atomic E-state index is 5.81. The Labute approximate surface area is 94.0 Å². The quantitative estimate of drug-likeness (QED) is 0.691. The molecule has 15 heavy (non-hydrogen) atoms. The maximum Gasteiger partial charge on any atom is 0.0660 e. The van der Waals surface area contributed by atoms with Gasteiger partial charge in [0.1, 0.15) is 0 Å². The zero-order chi connectivity index (χ0) is 11.3. The molecule has 0 radical (unpaired) electrons. The second kappa shape index (κ2) is 6.15. The average molecular weight is 208 g/mol. The Morgan fingerprint density at radius 2 is 2.00 bits per heavy atom. The van der Waals surface area contributed by atoms with Crippen molar-refractivity contribution in [1.82, 2.24) is 5.32 Å². The molecule has 2 unspecified atom stereocenters. The summed E-state index contributed by atoms with van der Waals surface area (Å²) in [5, 5.41) is 3.44. The molecule has 1 aliphatic carbocycles. The van der Waals surface area contributed by atoms with E-state index in [-0.39, 0.29) is 6.04 Å². The Balaban J connectivity index is 2.41. The second-order valence-electron chi connectivity index (χ2n) is 4.92. The molecule has 3 N–H and O–H groups in total. The Kier molecular flexibility index (Phi) is 5.14. The largest absolute Gasteiger partial charge is 0.329 e. The van der Waals surface area contributed by atoms with E-state index in [4.69, 9.17) is 12.2 Å². The summed E-state index contributed by atoms with van der Waals surface area (Å²) in [6.45, 7) is 5.06. The van der Waals surface area contributed by atoms with Gasteiger partial charge in [-0.15, -0.1) is 6.42 Å². The highest BCUT2D eigenvalue weighted by molar-refractivity contribution is 4.98. The molecule has 2 nitrogen and oxygen atoms in total. The number of hydrogen-bond acceptors (Lipinski definition) is 2. The standard InChI is InChI=1S/C13H24N2/c1-4-11(3)15-13(9-14)12-7-5-10(2)6-8-12/h1,10-13,15H,5-9,14H2,2-3H3. The van der Waals surface area contributed by atoms with Crippen LogP contribution in [-0.2, 0) is 0 Å². The minimum absolute atomic E-state index is 0.137. The number of hydrogen-bond donors (Lipinski definition) is 2. The van der Waals surface area contributed by atoms with Gasteiger partial charge in [0.2, 0.25) is 0 Å². The average Bonchev–Trinajstić information content (AvgIpc) is 2.27. The van der Waals surface area contributed by atoms with E-state index < -0.39 is 0 Å². The smallest absolute Gasteiger partial charge is 0.0660 e. The summed E-state index contributed by atoms with van der Waals surface area (Å²) in [5.74, 6) is 4.33.